The number of hydrogen-bond acceptors (Lipinski definition) is 4. The lowest BCUT2D eigenvalue weighted by atomic mass is 10.0. The molecule has 230 valence electrons. The number of benzene rings is 2. The van der Waals surface area contributed by atoms with E-state index in [1.165, 1.54) is 103 Å². The molecule has 0 heterocycles. The van der Waals surface area contributed by atoms with E-state index < -0.39 is 5.97 Å². The molecule has 0 fully saturated rings. The fraction of sp³-hybridized carbons (Fsp3) is 0.649. The van der Waals surface area contributed by atoms with Gasteiger partial charge in [0.05, 0.1) is 6.61 Å². The Hall–Kier alpha value is -2.49. The zero-order valence-electron chi connectivity index (χ0n) is 26.3. The largest absolute Gasteiger partial charge is 0.504 e. The first kappa shape index (κ1) is 34.7. The second-order valence-corrected chi connectivity index (χ2v) is 11.6. The second kappa shape index (κ2) is 23.1. The van der Waals surface area contributed by atoms with Gasteiger partial charge < -0.3 is 14.6 Å². The first-order valence-corrected chi connectivity index (χ1v) is 16.9. The standard InChI is InChI=1S/C37H58O4/c1-3-5-7-9-11-13-15-17-19-21-26-32-27-25-30-35(36(32)38)41-37(39)33-28-22-23-29-34(33)40-31-24-20-18-16-14-12-10-8-6-4-2/h22-23,25,27-30,38H,3-21,24,26,31H2,1-2H3. The summed E-state index contributed by atoms with van der Waals surface area (Å²) < 4.78 is 11.6. The van der Waals surface area contributed by atoms with Crippen molar-refractivity contribution in [2.75, 3.05) is 6.61 Å². The van der Waals surface area contributed by atoms with E-state index >= 15 is 0 Å². The van der Waals surface area contributed by atoms with E-state index in [2.05, 4.69) is 13.8 Å². The van der Waals surface area contributed by atoms with Crippen LogP contribution in [0.4, 0.5) is 0 Å². The maximum Gasteiger partial charge on any atom is 0.347 e. The van der Waals surface area contributed by atoms with Gasteiger partial charge in [0.1, 0.15) is 11.3 Å². The van der Waals surface area contributed by atoms with Crippen LogP contribution >= 0.6 is 0 Å². The number of phenols is 1. The average Bonchev–Trinajstić information content (AvgIpc) is 2.98. The number of carbonyl (C=O) groups is 1. The molecule has 2 aromatic rings. The van der Waals surface area contributed by atoms with E-state index in [9.17, 15) is 9.90 Å². The summed E-state index contributed by atoms with van der Waals surface area (Å²) in [6, 6.07) is 12.6. The lowest BCUT2D eigenvalue weighted by molar-refractivity contribution is 0.0724. The van der Waals surface area contributed by atoms with Gasteiger partial charge in [0.15, 0.2) is 11.5 Å². The molecule has 2 aromatic carbocycles. The minimum atomic E-state index is -0.505. The Bertz CT molecular complexity index is 938. The van der Waals surface area contributed by atoms with Crippen molar-refractivity contribution in [3.05, 3.63) is 53.6 Å². The predicted molar refractivity (Wildman–Crippen MR) is 172 cm³/mol. The van der Waals surface area contributed by atoms with Crippen LogP contribution in [0.2, 0.25) is 0 Å². The van der Waals surface area contributed by atoms with Gasteiger partial charge in [-0.3, -0.25) is 0 Å². The number of rotatable bonds is 25. The van der Waals surface area contributed by atoms with Gasteiger partial charge >= 0.3 is 5.97 Å². The first-order chi connectivity index (χ1) is 20.2. The number of esters is 1. The van der Waals surface area contributed by atoms with Crippen LogP contribution in [-0.2, 0) is 6.42 Å². The summed E-state index contributed by atoms with van der Waals surface area (Å²) in [7, 11) is 0. The summed E-state index contributed by atoms with van der Waals surface area (Å²) in [6.07, 6.45) is 26.3. The van der Waals surface area contributed by atoms with E-state index in [0.717, 1.165) is 37.7 Å². The number of ether oxygens (including phenoxy) is 2. The molecule has 41 heavy (non-hydrogen) atoms. The van der Waals surface area contributed by atoms with Crippen LogP contribution in [0, 0.1) is 0 Å². The molecule has 0 saturated carbocycles. The van der Waals surface area contributed by atoms with Crippen LogP contribution in [0.3, 0.4) is 0 Å². The maximum atomic E-state index is 13.0. The summed E-state index contributed by atoms with van der Waals surface area (Å²) in [6.45, 7) is 5.10. The van der Waals surface area contributed by atoms with Crippen molar-refractivity contribution >= 4 is 5.97 Å². The monoisotopic (exact) mass is 566 g/mol. The molecule has 0 aliphatic carbocycles. The molecule has 0 aliphatic rings. The molecule has 4 nitrogen and oxygen atoms in total. The third kappa shape index (κ3) is 15.3. The smallest absolute Gasteiger partial charge is 0.347 e. The van der Waals surface area contributed by atoms with Gasteiger partial charge in [-0.15, -0.1) is 0 Å². The third-order valence-electron chi connectivity index (χ3n) is 7.95. The second-order valence-electron chi connectivity index (χ2n) is 11.6. The fourth-order valence-electron chi connectivity index (χ4n) is 5.34. The Morgan fingerprint density at radius 3 is 1.66 bits per heavy atom. The van der Waals surface area contributed by atoms with E-state index in [4.69, 9.17) is 9.47 Å². The fourth-order valence-corrected chi connectivity index (χ4v) is 5.34. The molecule has 0 aromatic heterocycles. The number of aryl methyl sites for hydroxylation is 1. The Labute approximate surface area is 251 Å². The predicted octanol–water partition coefficient (Wildman–Crippen LogP) is 11.4. The number of hydrogen-bond donors (Lipinski definition) is 1. The Morgan fingerprint density at radius 1 is 0.585 bits per heavy atom. The van der Waals surface area contributed by atoms with Gasteiger partial charge in [0.25, 0.3) is 0 Å². The molecule has 2 rings (SSSR count). The van der Waals surface area contributed by atoms with Gasteiger partial charge in [0, 0.05) is 0 Å². The van der Waals surface area contributed by atoms with Crippen molar-refractivity contribution < 1.29 is 19.4 Å². The molecule has 0 atom stereocenters. The zero-order chi connectivity index (χ0) is 29.4. The highest BCUT2D eigenvalue weighted by Gasteiger charge is 2.17. The molecule has 0 radical (unpaired) electrons. The highest BCUT2D eigenvalue weighted by Crippen LogP contribution is 2.32. The van der Waals surface area contributed by atoms with Gasteiger partial charge in [-0.1, -0.05) is 154 Å². The van der Waals surface area contributed by atoms with Gasteiger partial charge in [-0.2, -0.15) is 0 Å². The molecule has 0 spiro atoms. The lowest BCUT2D eigenvalue weighted by Gasteiger charge is -2.13. The van der Waals surface area contributed by atoms with E-state index in [1.807, 2.05) is 30.3 Å². The Balaban J connectivity index is 1.70. The highest BCUT2D eigenvalue weighted by atomic mass is 16.5. The summed E-state index contributed by atoms with van der Waals surface area (Å²) in [5, 5.41) is 10.8. The van der Waals surface area contributed by atoms with Crippen molar-refractivity contribution in [3.8, 4) is 17.2 Å². The Morgan fingerprint density at radius 2 is 1.07 bits per heavy atom. The normalized spacial score (nSPS) is 11.1. The molecule has 0 amide bonds. The third-order valence-corrected chi connectivity index (χ3v) is 7.95. The van der Waals surface area contributed by atoms with Crippen LogP contribution in [0.1, 0.15) is 158 Å². The van der Waals surface area contributed by atoms with E-state index in [-0.39, 0.29) is 11.5 Å². The summed E-state index contributed by atoms with van der Waals surface area (Å²) in [4.78, 5) is 13.0. The van der Waals surface area contributed by atoms with Crippen molar-refractivity contribution in [3.63, 3.8) is 0 Å². The molecule has 1 N–H and O–H groups in total. The van der Waals surface area contributed by atoms with Crippen molar-refractivity contribution in [1.82, 2.24) is 0 Å². The van der Waals surface area contributed by atoms with Gasteiger partial charge in [-0.25, -0.2) is 4.79 Å². The number of unbranched alkanes of at least 4 members (excludes halogenated alkanes) is 18. The van der Waals surface area contributed by atoms with Crippen LogP contribution in [-0.4, -0.2) is 17.7 Å². The minimum absolute atomic E-state index is 0.0699. The molecule has 0 saturated heterocycles. The van der Waals surface area contributed by atoms with Crippen LogP contribution in [0.25, 0.3) is 0 Å². The summed E-state index contributed by atoms with van der Waals surface area (Å²) in [5.74, 6) is 0.314. The number of para-hydroxylation sites is 2. The Kier molecular flexibility index (Phi) is 19.6. The molecule has 4 heteroatoms. The number of carbonyl (C=O) groups excluding carboxylic acids is 1. The van der Waals surface area contributed by atoms with Gasteiger partial charge in [-0.05, 0) is 43.0 Å². The number of phenolic OH excluding ortho intramolecular Hbond substituents is 1. The molecule has 0 aliphatic heterocycles. The first-order valence-electron chi connectivity index (χ1n) is 16.9. The van der Waals surface area contributed by atoms with Crippen LogP contribution in [0.15, 0.2) is 42.5 Å². The topological polar surface area (TPSA) is 55.8 Å². The molecule has 0 unspecified atom stereocenters. The van der Waals surface area contributed by atoms with Crippen molar-refractivity contribution in [1.29, 1.82) is 0 Å². The summed E-state index contributed by atoms with van der Waals surface area (Å²) in [5.41, 5.74) is 1.22. The molecule has 0 bridgehead atoms. The molecular weight excluding hydrogens is 508 g/mol. The van der Waals surface area contributed by atoms with E-state index in [1.54, 1.807) is 12.1 Å². The maximum absolute atomic E-state index is 13.0. The highest BCUT2D eigenvalue weighted by molar-refractivity contribution is 5.94. The molecular formula is C37H58O4. The van der Waals surface area contributed by atoms with Crippen LogP contribution in [0.5, 0.6) is 17.2 Å². The zero-order valence-corrected chi connectivity index (χ0v) is 26.3. The lowest BCUT2D eigenvalue weighted by Crippen LogP contribution is -2.11. The average molecular weight is 567 g/mol. The number of aromatic hydroxyl groups is 1. The SMILES string of the molecule is CCCCCCCCCCCCOc1ccccc1C(=O)Oc1cccc(CCCCCCCCCCCC)c1O. The van der Waals surface area contributed by atoms with Crippen molar-refractivity contribution in [2.45, 2.75) is 149 Å². The van der Waals surface area contributed by atoms with Crippen molar-refractivity contribution in [2.24, 2.45) is 0 Å². The quantitative estimate of drug-likeness (QED) is 0.0737. The van der Waals surface area contributed by atoms with Gasteiger partial charge in [0.2, 0.25) is 0 Å². The van der Waals surface area contributed by atoms with E-state index in [0.29, 0.717) is 17.9 Å². The van der Waals surface area contributed by atoms with Crippen LogP contribution < -0.4 is 9.47 Å². The minimum Gasteiger partial charge on any atom is -0.504 e. The summed E-state index contributed by atoms with van der Waals surface area (Å²) >= 11 is 0.